The van der Waals surface area contributed by atoms with Gasteiger partial charge in [-0.3, -0.25) is 19.1 Å². The third-order valence-corrected chi connectivity index (χ3v) is 5.26. The lowest BCUT2D eigenvalue weighted by Gasteiger charge is -2.30. The summed E-state index contributed by atoms with van der Waals surface area (Å²) in [6.07, 6.45) is 0.940. The second kappa shape index (κ2) is 8.46. The van der Waals surface area contributed by atoms with Crippen LogP contribution in [0.1, 0.15) is 59.1 Å². The lowest BCUT2D eigenvalue weighted by molar-refractivity contribution is -0.143. The van der Waals surface area contributed by atoms with E-state index < -0.39 is 5.97 Å². The van der Waals surface area contributed by atoms with E-state index in [9.17, 15) is 14.4 Å². The standard InChI is InChI=1S/C21H26N4O4/c1-13(2)18-12-17(23-24(18)3)19(26)22-16-6-4-14(5-7-16)20(27)25-10-8-15(9-11-25)21(28)29/h4-7,12-13,15H,8-11H2,1-3H3,(H,22,26)(H,28,29). The minimum Gasteiger partial charge on any atom is -0.481 e. The third kappa shape index (κ3) is 4.64. The molecule has 29 heavy (non-hydrogen) atoms. The number of carboxylic acid groups (broad SMARTS) is 1. The molecule has 0 atom stereocenters. The Kier molecular flexibility index (Phi) is 6.00. The molecule has 1 fully saturated rings. The Balaban J connectivity index is 1.61. The number of nitrogens with one attached hydrogen (secondary N) is 1. The number of amides is 2. The van der Waals surface area contributed by atoms with Crippen LogP contribution in [-0.2, 0) is 11.8 Å². The van der Waals surface area contributed by atoms with Gasteiger partial charge in [0.25, 0.3) is 11.8 Å². The maximum absolute atomic E-state index is 12.6. The second-order valence-electron chi connectivity index (χ2n) is 7.67. The van der Waals surface area contributed by atoms with E-state index in [4.69, 9.17) is 5.11 Å². The van der Waals surface area contributed by atoms with Gasteiger partial charge in [0.15, 0.2) is 5.69 Å². The van der Waals surface area contributed by atoms with Crippen LogP contribution in [0.3, 0.4) is 0 Å². The number of carbonyl (C=O) groups is 3. The molecule has 1 aliphatic heterocycles. The van der Waals surface area contributed by atoms with Crippen LogP contribution in [0.4, 0.5) is 5.69 Å². The van der Waals surface area contributed by atoms with Crippen molar-refractivity contribution >= 4 is 23.5 Å². The molecule has 154 valence electrons. The van der Waals surface area contributed by atoms with Crippen molar-refractivity contribution in [3.05, 3.63) is 47.3 Å². The van der Waals surface area contributed by atoms with Crippen LogP contribution < -0.4 is 5.32 Å². The largest absolute Gasteiger partial charge is 0.481 e. The number of likely N-dealkylation sites (tertiary alicyclic amines) is 1. The van der Waals surface area contributed by atoms with E-state index in [0.29, 0.717) is 42.9 Å². The zero-order valence-corrected chi connectivity index (χ0v) is 16.9. The van der Waals surface area contributed by atoms with Crippen LogP contribution in [0.25, 0.3) is 0 Å². The lowest BCUT2D eigenvalue weighted by Crippen LogP contribution is -2.40. The first-order chi connectivity index (χ1) is 13.8. The number of aromatic nitrogens is 2. The van der Waals surface area contributed by atoms with E-state index in [1.807, 2.05) is 20.9 Å². The van der Waals surface area contributed by atoms with Crippen molar-refractivity contribution in [2.75, 3.05) is 18.4 Å². The fourth-order valence-corrected chi connectivity index (χ4v) is 3.54. The number of rotatable bonds is 5. The maximum Gasteiger partial charge on any atom is 0.306 e. The van der Waals surface area contributed by atoms with Crippen LogP contribution in [0.5, 0.6) is 0 Å². The summed E-state index contributed by atoms with van der Waals surface area (Å²) in [6.45, 7) is 4.95. The van der Waals surface area contributed by atoms with E-state index in [0.717, 1.165) is 5.69 Å². The smallest absolute Gasteiger partial charge is 0.306 e. The summed E-state index contributed by atoms with van der Waals surface area (Å²) in [5.74, 6) is -1.34. The number of carbonyl (C=O) groups excluding carboxylic acids is 2. The van der Waals surface area contributed by atoms with Gasteiger partial charge in [-0.2, -0.15) is 5.10 Å². The number of aliphatic carboxylic acids is 1. The molecular formula is C21H26N4O4. The van der Waals surface area contributed by atoms with E-state index in [2.05, 4.69) is 10.4 Å². The van der Waals surface area contributed by atoms with Crippen molar-refractivity contribution in [1.82, 2.24) is 14.7 Å². The summed E-state index contributed by atoms with van der Waals surface area (Å²) < 4.78 is 1.70. The molecule has 2 N–H and O–H groups in total. The first kappa shape index (κ1) is 20.6. The average molecular weight is 398 g/mol. The van der Waals surface area contributed by atoms with Crippen LogP contribution in [0.2, 0.25) is 0 Å². The Hall–Kier alpha value is -3.16. The van der Waals surface area contributed by atoms with Gasteiger partial charge < -0.3 is 15.3 Å². The zero-order valence-electron chi connectivity index (χ0n) is 16.9. The third-order valence-electron chi connectivity index (χ3n) is 5.26. The van der Waals surface area contributed by atoms with Gasteiger partial charge in [0.05, 0.1) is 5.92 Å². The Labute approximate surface area is 169 Å². The van der Waals surface area contributed by atoms with Crippen molar-refractivity contribution in [2.24, 2.45) is 13.0 Å². The number of benzene rings is 1. The number of anilines is 1. The van der Waals surface area contributed by atoms with Crippen LogP contribution in [0, 0.1) is 5.92 Å². The van der Waals surface area contributed by atoms with Crippen LogP contribution >= 0.6 is 0 Å². The van der Waals surface area contributed by atoms with Gasteiger partial charge in [-0.05, 0) is 49.1 Å². The molecule has 2 heterocycles. The van der Waals surface area contributed by atoms with Crippen molar-refractivity contribution in [2.45, 2.75) is 32.6 Å². The number of aryl methyl sites for hydroxylation is 1. The van der Waals surface area contributed by atoms with E-state index in [-0.39, 0.29) is 23.7 Å². The Morgan fingerprint density at radius 2 is 1.76 bits per heavy atom. The Morgan fingerprint density at radius 3 is 2.28 bits per heavy atom. The first-order valence-corrected chi connectivity index (χ1v) is 9.73. The van der Waals surface area contributed by atoms with Gasteiger partial charge in [0, 0.05) is 37.1 Å². The quantitative estimate of drug-likeness (QED) is 0.806. The van der Waals surface area contributed by atoms with E-state index in [1.54, 1.807) is 39.9 Å². The average Bonchev–Trinajstić information content (AvgIpc) is 3.10. The summed E-state index contributed by atoms with van der Waals surface area (Å²) in [4.78, 5) is 37.8. The van der Waals surface area contributed by atoms with Crippen molar-refractivity contribution in [3.8, 4) is 0 Å². The number of nitrogens with zero attached hydrogens (tertiary/aromatic N) is 3. The number of carboxylic acids is 1. The highest BCUT2D eigenvalue weighted by atomic mass is 16.4. The van der Waals surface area contributed by atoms with Gasteiger partial charge in [-0.15, -0.1) is 0 Å². The molecule has 0 unspecified atom stereocenters. The molecule has 1 aromatic heterocycles. The van der Waals surface area contributed by atoms with Crippen molar-refractivity contribution in [3.63, 3.8) is 0 Å². The van der Waals surface area contributed by atoms with Gasteiger partial charge in [-0.25, -0.2) is 0 Å². The molecule has 0 saturated carbocycles. The SMILES string of the molecule is CC(C)c1cc(C(=O)Nc2ccc(C(=O)N3CCC(C(=O)O)CC3)cc2)nn1C. The molecule has 2 amide bonds. The van der Waals surface area contributed by atoms with E-state index in [1.165, 1.54) is 0 Å². The Morgan fingerprint density at radius 1 is 1.14 bits per heavy atom. The molecule has 2 aromatic rings. The molecule has 8 nitrogen and oxygen atoms in total. The van der Waals surface area contributed by atoms with Crippen molar-refractivity contribution < 1.29 is 19.5 Å². The first-order valence-electron chi connectivity index (χ1n) is 9.73. The molecule has 3 rings (SSSR count). The molecule has 0 bridgehead atoms. The number of hydrogen-bond acceptors (Lipinski definition) is 4. The molecule has 8 heteroatoms. The van der Waals surface area contributed by atoms with Gasteiger partial charge in [-0.1, -0.05) is 13.8 Å². The minimum absolute atomic E-state index is 0.127. The minimum atomic E-state index is -0.800. The van der Waals surface area contributed by atoms with E-state index >= 15 is 0 Å². The highest BCUT2D eigenvalue weighted by Gasteiger charge is 2.27. The molecule has 1 aromatic carbocycles. The zero-order chi connectivity index (χ0) is 21.1. The molecular weight excluding hydrogens is 372 g/mol. The van der Waals surface area contributed by atoms with Gasteiger partial charge in [0.2, 0.25) is 0 Å². The normalized spacial score (nSPS) is 14.8. The lowest BCUT2D eigenvalue weighted by atomic mass is 9.96. The highest BCUT2D eigenvalue weighted by Crippen LogP contribution is 2.20. The predicted octanol–water partition coefficient (Wildman–Crippen LogP) is 2.73. The van der Waals surface area contributed by atoms with Crippen LogP contribution in [0.15, 0.2) is 30.3 Å². The van der Waals surface area contributed by atoms with Crippen LogP contribution in [-0.4, -0.2) is 50.7 Å². The molecule has 0 aliphatic carbocycles. The summed E-state index contributed by atoms with van der Waals surface area (Å²) in [7, 11) is 1.81. The maximum atomic E-state index is 12.6. The van der Waals surface area contributed by atoms with Gasteiger partial charge >= 0.3 is 5.97 Å². The monoisotopic (exact) mass is 398 g/mol. The summed E-state index contributed by atoms with van der Waals surface area (Å²) in [5.41, 5.74) is 2.41. The van der Waals surface area contributed by atoms with Gasteiger partial charge in [0.1, 0.15) is 0 Å². The molecule has 1 saturated heterocycles. The summed E-state index contributed by atoms with van der Waals surface area (Å²) >= 11 is 0. The highest BCUT2D eigenvalue weighted by molar-refractivity contribution is 6.03. The molecule has 0 spiro atoms. The summed E-state index contributed by atoms with van der Waals surface area (Å²) in [6, 6.07) is 8.47. The summed E-state index contributed by atoms with van der Waals surface area (Å²) in [5, 5.41) is 16.1. The molecule has 1 aliphatic rings. The fraction of sp³-hybridized carbons (Fsp3) is 0.429. The van der Waals surface area contributed by atoms with Crippen molar-refractivity contribution in [1.29, 1.82) is 0 Å². The number of hydrogen-bond donors (Lipinski definition) is 2. The number of piperidine rings is 1. The molecule has 0 radical (unpaired) electrons. The Bertz CT molecular complexity index is 909. The fourth-order valence-electron chi connectivity index (χ4n) is 3.54. The second-order valence-corrected chi connectivity index (χ2v) is 7.67. The topological polar surface area (TPSA) is 105 Å². The predicted molar refractivity (Wildman–Crippen MR) is 108 cm³/mol.